The van der Waals surface area contributed by atoms with Gasteiger partial charge in [-0.3, -0.25) is 0 Å². The van der Waals surface area contributed by atoms with E-state index in [1.54, 1.807) is 6.92 Å². The van der Waals surface area contributed by atoms with Crippen molar-refractivity contribution in [3.8, 4) is 5.75 Å². The van der Waals surface area contributed by atoms with Crippen LogP contribution in [-0.4, -0.2) is 48.2 Å². The molecule has 104 valence electrons. The molecule has 0 unspecified atom stereocenters. The quantitative estimate of drug-likeness (QED) is 0.823. The summed E-state index contributed by atoms with van der Waals surface area (Å²) in [5.74, 6) is 0.263. The highest BCUT2D eigenvalue weighted by molar-refractivity contribution is 5.65. The molecule has 0 spiro atoms. The van der Waals surface area contributed by atoms with Gasteiger partial charge in [-0.15, -0.1) is 0 Å². The minimum atomic E-state index is -0.580. The third-order valence-corrected chi connectivity index (χ3v) is 3.15. The minimum Gasteiger partial charge on any atom is -0.507 e. The van der Waals surface area contributed by atoms with Crippen LogP contribution in [0, 0.1) is 6.92 Å². The van der Waals surface area contributed by atoms with Gasteiger partial charge in [-0.05, 0) is 14.0 Å². The Morgan fingerprint density at radius 2 is 2.05 bits per heavy atom. The van der Waals surface area contributed by atoms with Gasteiger partial charge >= 0.3 is 5.63 Å². The second kappa shape index (κ2) is 5.46. The van der Waals surface area contributed by atoms with Gasteiger partial charge in [0.1, 0.15) is 17.1 Å². The molecular weight excluding hydrogens is 246 g/mol. The highest BCUT2D eigenvalue weighted by Gasteiger charge is 2.18. The number of hydrogen-bond donors (Lipinski definition) is 2. The predicted molar refractivity (Wildman–Crippen MR) is 72.6 cm³/mol. The lowest BCUT2D eigenvalue weighted by atomic mass is 10.2. The average molecular weight is 265 g/mol. The van der Waals surface area contributed by atoms with Crippen LogP contribution in [0.2, 0.25) is 0 Å². The monoisotopic (exact) mass is 265 g/mol. The second-order valence-corrected chi connectivity index (χ2v) is 4.79. The van der Waals surface area contributed by atoms with Crippen molar-refractivity contribution in [3.63, 3.8) is 0 Å². The Hall–Kier alpha value is -1.79. The Morgan fingerprint density at radius 3 is 2.63 bits per heavy atom. The van der Waals surface area contributed by atoms with Crippen molar-refractivity contribution < 1.29 is 9.52 Å². The zero-order valence-corrected chi connectivity index (χ0v) is 11.3. The molecule has 2 N–H and O–H groups in total. The summed E-state index contributed by atoms with van der Waals surface area (Å²) in [4.78, 5) is 14.0. The summed E-state index contributed by atoms with van der Waals surface area (Å²) in [6.45, 7) is 8.95. The molecule has 1 saturated heterocycles. The summed E-state index contributed by atoms with van der Waals surface area (Å²) in [7, 11) is 2.06. The molecule has 1 fully saturated rings. The molecule has 6 nitrogen and oxygen atoms in total. The summed E-state index contributed by atoms with van der Waals surface area (Å²) in [6, 6.07) is 1.41. The average Bonchev–Trinajstić information content (AvgIpc) is 2.30. The molecule has 19 heavy (non-hydrogen) atoms. The van der Waals surface area contributed by atoms with E-state index >= 15 is 0 Å². The Kier molecular flexibility index (Phi) is 3.92. The standard InChI is InChI=1S/C13H19N3O3/c1-9-8-11(17)12(13(18)19-9)10(2)14-16-6-4-15(3)5-7-16/h8,14,17H,2,4-7H2,1,3H3. The first-order valence-electron chi connectivity index (χ1n) is 6.20. The van der Waals surface area contributed by atoms with E-state index in [2.05, 4.69) is 24.0 Å². The van der Waals surface area contributed by atoms with Crippen molar-refractivity contribution in [2.24, 2.45) is 0 Å². The van der Waals surface area contributed by atoms with E-state index in [9.17, 15) is 9.90 Å². The summed E-state index contributed by atoms with van der Waals surface area (Å²) in [6.07, 6.45) is 0. The number of hydrazine groups is 1. The number of aryl methyl sites for hydroxylation is 1. The van der Waals surface area contributed by atoms with E-state index in [4.69, 9.17) is 4.42 Å². The molecule has 0 saturated carbocycles. The molecule has 6 heteroatoms. The summed E-state index contributed by atoms with van der Waals surface area (Å²) < 4.78 is 4.97. The van der Waals surface area contributed by atoms with E-state index < -0.39 is 5.63 Å². The van der Waals surface area contributed by atoms with E-state index in [1.807, 2.05) is 5.01 Å². The fourth-order valence-electron chi connectivity index (χ4n) is 2.04. The van der Waals surface area contributed by atoms with Crippen LogP contribution < -0.4 is 11.1 Å². The molecule has 1 aromatic rings. The third-order valence-electron chi connectivity index (χ3n) is 3.15. The van der Waals surface area contributed by atoms with Crippen molar-refractivity contribution in [1.82, 2.24) is 15.3 Å². The highest BCUT2D eigenvalue weighted by atomic mass is 16.4. The summed E-state index contributed by atoms with van der Waals surface area (Å²) >= 11 is 0. The van der Waals surface area contributed by atoms with Crippen LogP contribution in [0.15, 0.2) is 21.9 Å². The summed E-state index contributed by atoms with van der Waals surface area (Å²) in [5, 5.41) is 11.8. The molecule has 0 radical (unpaired) electrons. The number of hydrogen-bond acceptors (Lipinski definition) is 6. The van der Waals surface area contributed by atoms with Crippen LogP contribution in [0.1, 0.15) is 11.3 Å². The molecule has 1 aliphatic rings. The first kappa shape index (κ1) is 13.6. The third kappa shape index (κ3) is 3.15. The highest BCUT2D eigenvalue weighted by Crippen LogP contribution is 2.20. The molecule has 0 aliphatic carbocycles. The molecule has 1 aromatic heterocycles. The zero-order valence-electron chi connectivity index (χ0n) is 11.3. The van der Waals surface area contributed by atoms with Gasteiger partial charge in [0, 0.05) is 32.2 Å². The van der Waals surface area contributed by atoms with Crippen LogP contribution in [0.25, 0.3) is 5.70 Å². The lowest BCUT2D eigenvalue weighted by Gasteiger charge is -2.33. The number of rotatable bonds is 3. The fourth-order valence-corrected chi connectivity index (χ4v) is 2.04. The fraction of sp³-hybridized carbons (Fsp3) is 0.462. The predicted octanol–water partition coefficient (Wildman–Crippen LogP) is 0.377. The van der Waals surface area contributed by atoms with Gasteiger partial charge in [-0.25, -0.2) is 9.80 Å². The molecule has 0 atom stereocenters. The molecule has 0 amide bonds. The Labute approximate surface area is 111 Å². The van der Waals surface area contributed by atoms with Gasteiger partial charge in [-0.1, -0.05) is 6.58 Å². The maximum Gasteiger partial charge on any atom is 0.349 e. The topological polar surface area (TPSA) is 68.9 Å². The summed E-state index contributed by atoms with van der Waals surface area (Å²) in [5.41, 5.74) is 2.91. The number of aromatic hydroxyl groups is 1. The van der Waals surface area contributed by atoms with Crippen molar-refractivity contribution in [2.45, 2.75) is 6.92 Å². The van der Waals surface area contributed by atoms with Gasteiger partial charge in [0.15, 0.2) is 0 Å². The first-order valence-corrected chi connectivity index (χ1v) is 6.20. The second-order valence-electron chi connectivity index (χ2n) is 4.79. The van der Waals surface area contributed by atoms with Crippen LogP contribution in [0.5, 0.6) is 5.75 Å². The molecular formula is C13H19N3O3. The first-order chi connectivity index (χ1) is 8.97. The Balaban J connectivity index is 2.10. The van der Waals surface area contributed by atoms with Crippen molar-refractivity contribution >= 4 is 5.70 Å². The lowest BCUT2D eigenvalue weighted by molar-refractivity contribution is 0.127. The van der Waals surface area contributed by atoms with Gasteiger partial charge in [0.25, 0.3) is 0 Å². The Bertz CT molecular complexity index is 530. The van der Waals surface area contributed by atoms with E-state index in [0.29, 0.717) is 11.5 Å². The van der Waals surface area contributed by atoms with E-state index in [-0.39, 0.29) is 11.3 Å². The van der Waals surface area contributed by atoms with Gasteiger partial charge in [0.05, 0.1) is 5.70 Å². The minimum absolute atomic E-state index is 0.0875. The molecule has 0 aromatic carbocycles. The Morgan fingerprint density at radius 1 is 1.42 bits per heavy atom. The number of likely N-dealkylation sites (N-methyl/N-ethyl adjacent to an activating group) is 1. The van der Waals surface area contributed by atoms with Crippen LogP contribution in [-0.2, 0) is 0 Å². The maximum absolute atomic E-state index is 11.7. The van der Waals surface area contributed by atoms with Gasteiger partial charge in [0.2, 0.25) is 0 Å². The van der Waals surface area contributed by atoms with Crippen LogP contribution in [0.3, 0.4) is 0 Å². The number of nitrogens with one attached hydrogen (secondary N) is 1. The van der Waals surface area contributed by atoms with Crippen LogP contribution >= 0.6 is 0 Å². The van der Waals surface area contributed by atoms with Crippen molar-refractivity contribution in [3.05, 3.63) is 34.4 Å². The molecule has 2 heterocycles. The van der Waals surface area contributed by atoms with Crippen molar-refractivity contribution in [1.29, 1.82) is 0 Å². The maximum atomic E-state index is 11.7. The zero-order chi connectivity index (χ0) is 14.0. The lowest BCUT2D eigenvalue weighted by Crippen LogP contribution is -2.50. The van der Waals surface area contributed by atoms with Crippen LogP contribution in [0.4, 0.5) is 0 Å². The smallest absolute Gasteiger partial charge is 0.349 e. The number of nitrogens with zero attached hydrogens (tertiary/aromatic N) is 2. The van der Waals surface area contributed by atoms with E-state index in [1.165, 1.54) is 6.07 Å². The van der Waals surface area contributed by atoms with Gasteiger partial charge in [-0.2, -0.15) is 0 Å². The van der Waals surface area contributed by atoms with E-state index in [0.717, 1.165) is 26.2 Å². The molecule has 2 rings (SSSR count). The van der Waals surface area contributed by atoms with Crippen molar-refractivity contribution in [2.75, 3.05) is 33.2 Å². The molecule has 1 aliphatic heterocycles. The largest absolute Gasteiger partial charge is 0.507 e. The normalized spacial score (nSPS) is 17.4. The SMILES string of the molecule is C=C(NN1CCN(C)CC1)c1c(O)cc(C)oc1=O. The number of piperazine rings is 1. The van der Waals surface area contributed by atoms with Gasteiger partial charge < -0.3 is 19.8 Å². The molecule has 0 bridgehead atoms.